The Balaban J connectivity index is 1.59. The molecule has 2 heterocycles. The molecule has 3 N–H and O–H groups in total. The lowest BCUT2D eigenvalue weighted by Gasteiger charge is -2.32. The van der Waals surface area contributed by atoms with Gasteiger partial charge in [0.15, 0.2) is 0 Å². The van der Waals surface area contributed by atoms with Crippen LogP contribution in [0.2, 0.25) is 0 Å². The van der Waals surface area contributed by atoms with E-state index in [4.69, 9.17) is 5.73 Å². The number of hydrogen-bond acceptors (Lipinski definition) is 6. The third-order valence-electron chi connectivity index (χ3n) is 5.32. The molecular weight excluding hydrogens is 348 g/mol. The van der Waals surface area contributed by atoms with Crippen LogP contribution in [0.1, 0.15) is 43.5 Å². The zero-order chi connectivity index (χ0) is 19.9. The quantitative estimate of drug-likeness (QED) is 0.731. The molecule has 0 amide bonds. The summed E-state index contributed by atoms with van der Waals surface area (Å²) in [7, 11) is 2.19. The van der Waals surface area contributed by atoms with Crippen LogP contribution in [0.25, 0.3) is 0 Å². The summed E-state index contributed by atoms with van der Waals surface area (Å²) in [4.78, 5) is 13.7. The van der Waals surface area contributed by atoms with Gasteiger partial charge in [0.2, 0.25) is 5.95 Å². The summed E-state index contributed by atoms with van der Waals surface area (Å²) in [6.07, 6.45) is 3.01. The Hall–Kier alpha value is -2.18. The van der Waals surface area contributed by atoms with Gasteiger partial charge in [-0.05, 0) is 31.5 Å². The van der Waals surface area contributed by atoms with E-state index in [9.17, 15) is 0 Å². The molecule has 1 atom stereocenters. The average molecular weight is 383 g/mol. The second-order valence-corrected chi connectivity index (χ2v) is 8.01. The van der Waals surface area contributed by atoms with Gasteiger partial charge in [0.25, 0.3) is 0 Å². The molecule has 2 aromatic rings. The Morgan fingerprint density at radius 2 is 1.75 bits per heavy atom. The highest BCUT2D eigenvalue weighted by Gasteiger charge is 2.14. The molecular formula is C22H34N6. The summed E-state index contributed by atoms with van der Waals surface area (Å²) in [5.74, 6) is 1.14. The Bertz CT molecular complexity index is 737. The molecule has 1 aromatic heterocycles. The van der Waals surface area contributed by atoms with E-state index >= 15 is 0 Å². The molecule has 0 unspecified atom stereocenters. The van der Waals surface area contributed by atoms with E-state index in [1.165, 1.54) is 11.1 Å². The van der Waals surface area contributed by atoms with Gasteiger partial charge in [0.1, 0.15) is 5.82 Å². The van der Waals surface area contributed by atoms with Crippen molar-refractivity contribution in [3.05, 3.63) is 47.2 Å². The molecule has 6 nitrogen and oxygen atoms in total. The maximum Gasteiger partial charge on any atom is 0.222 e. The fraction of sp³-hybridized carbons (Fsp3) is 0.545. The van der Waals surface area contributed by atoms with Crippen molar-refractivity contribution in [3.8, 4) is 0 Å². The van der Waals surface area contributed by atoms with Gasteiger partial charge in [-0.2, -0.15) is 4.98 Å². The van der Waals surface area contributed by atoms with Crippen LogP contribution in [0, 0.1) is 0 Å². The Kier molecular flexibility index (Phi) is 7.23. The predicted octanol–water partition coefficient (Wildman–Crippen LogP) is 3.00. The maximum atomic E-state index is 5.93. The molecule has 0 aliphatic carbocycles. The summed E-state index contributed by atoms with van der Waals surface area (Å²) in [6.45, 7) is 9.97. The lowest BCUT2D eigenvalue weighted by Crippen LogP contribution is -2.43. The minimum absolute atomic E-state index is 0.329. The summed E-state index contributed by atoms with van der Waals surface area (Å²) >= 11 is 0. The highest BCUT2D eigenvalue weighted by atomic mass is 15.2. The van der Waals surface area contributed by atoms with E-state index < -0.39 is 0 Å². The smallest absolute Gasteiger partial charge is 0.222 e. The number of nitrogens with zero attached hydrogens (tertiary/aromatic N) is 4. The lowest BCUT2D eigenvalue weighted by molar-refractivity contribution is 0.148. The first-order valence-electron chi connectivity index (χ1n) is 10.4. The van der Waals surface area contributed by atoms with Crippen molar-refractivity contribution in [1.29, 1.82) is 0 Å². The van der Waals surface area contributed by atoms with Gasteiger partial charge in [-0.1, -0.05) is 37.6 Å². The first-order valence-corrected chi connectivity index (χ1v) is 10.4. The van der Waals surface area contributed by atoms with Crippen LogP contribution >= 0.6 is 0 Å². The Morgan fingerprint density at radius 1 is 1.07 bits per heavy atom. The van der Waals surface area contributed by atoms with Crippen LogP contribution in [-0.4, -0.2) is 59.0 Å². The van der Waals surface area contributed by atoms with E-state index in [-0.39, 0.29) is 0 Å². The van der Waals surface area contributed by atoms with Crippen molar-refractivity contribution in [2.45, 2.75) is 45.7 Å². The highest BCUT2D eigenvalue weighted by molar-refractivity contribution is 5.42. The van der Waals surface area contributed by atoms with E-state index in [0.29, 0.717) is 12.0 Å². The topological polar surface area (TPSA) is 70.3 Å². The standard InChI is InChI=1S/C22H34N6/c1-4-5-17(2)24-21-15-20(25-22(23)26-21)14-18-6-8-19(9-7-18)16-28-12-10-27(3)11-13-28/h6-9,15,17H,4-5,10-14,16H2,1-3H3,(H3,23,24,25,26)/t17-/m1/s1. The average Bonchev–Trinajstić information content (AvgIpc) is 2.65. The van der Waals surface area contributed by atoms with E-state index in [1.54, 1.807) is 0 Å². The number of benzene rings is 1. The number of hydrogen-bond donors (Lipinski definition) is 2. The van der Waals surface area contributed by atoms with E-state index in [0.717, 1.165) is 63.5 Å². The molecule has 0 radical (unpaired) electrons. The monoisotopic (exact) mass is 382 g/mol. The van der Waals surface area contributed by atoms with Gasteiger partial charge >= 0.3 is 0 Å². The summed E-state index contributed by atoms with van der Waals surface area (Å²) in [6, 6.07) is 11.3. The van der Waals surface area contributed by atoms with Crippen molar-refractivity contribution >= 4 is 11.8 Å². The second kappa shape index (κ2) is 9.85. The largest absolute Gasteiger partial charge is 0.368 e. The van der Waals surface area contributed by atoms with Crippen LogP contribution in [0.4, 0.5) is 11.8 Å². The number of nitrogens with one attached hydrogen (secondary N) is 1. The first-order chi connectivity index (χ1) is 13.5. The van der Waals surface area contributed by atoms with Crippen molar-refractivity contribution in [2.75, 3.05) is 44.3 Å². The summed E-state index contributed by atoms with van der Waals surface area (Å²) < 4.78 is 0. The minimum Gasteiger partial charge on any atom is -0.368 e. The third-order valence-corrected chi connectivity index (χ3v) is 5.32. The van der Waals surface area contributed by atoms with E-state index in [2.05, 4.69) is 70.2 Å². The van der Waals surface area contributed by atoms with Crippen LogP contribution < -0.4 is 11.1 Å². The normalized spacial score (nSPS) is 16.8. The molecule has 1 aliphatic heterocycles. The van der Waals surface area contributed by atoms with Gasteiger partial charge in [-0.15, -0.1) is 0 Å². The number of rotatable bonds is 8. The first kappa shape index (κ1) is 20.6. The van der Waals surface area contributed by atoms with Crippen molar-refractivity contribution in [2.24, 2.45) is 0 Å². The van der Waals surface area contributed by atoms with E-state index in [1.807, 2.05) is 6.07 Å². The minimum atomic E-state index is 0.329. The molecule has 0 spiro atoms. The molecule has 28 heavy (non-hydrogen) atoms. The molecule has 0 saturated carbocycles. The molecule has 6 heteroatoms. The number of piperazine rings is 1. The number of aromatic nitrogens is 2. The molecule has 3 rings (SSSR count). The molecule has 1 fully saturated rings. The van der Waals surface area contributed by atoms with Gasteiger partial charge in [-0.25, -0.2) is 4.98 Å². The zero-order valence-electron chi connectivity index (χ0n) is 17.5. The zero-order valence-corrected chi connectivity index (χ0v) is 17.5. The highest BCUT2D eigenvalue weighted by Crippen LogP contribution is 2.16. The number of nitrogen functional groups attached to an aromatic ring is 1. The molecule has 152 valence electrons. The van der Waals surface area contributed by atoms with Crippen LogP contribution in [-0.2, 0) is 13.0 Å². The fourth-order valence-electron chi connectivity index (χ4n) is 3.68. The van der Waals surface area contributed by atoms with Crippen LogP contribution in [0.3, 0.4) is 0 Å². The number of likely N-dealkylation sites (N-methyl/N-ethyl adjacent to an activating group) is 1. The van der Waals surface area contributed by atoms with Gasteiger partial charge in [0, 0.05) is 51.3 Å². The summed E-state index contributed by atoms with van der Waals surface area (Å²) in [5.41, 5.74) is 9.49. The van der Waals surface area contributed by atoms with Crippen molar-refractivity contribution < 1.29 is 0 Å². The molecule has 1 aliphatic rings. The van der Waals surface area contributed by atoms with Crippen LogP contribution in [0.15, 0.2) is 30.3 Å². The fourth-order valence-corrected chi connectivity index (χ4v) is 3.68. The van der Waals surface area contributed by atoms with Gasteiger partial charge in [0.05, 0.1) is 5.69 Å². The van der Waals surface area contributed by atoms with Gasteiger partial charge in [-0.3, -0.25) is 4.90 Å². The SMILES string of the molecule is CCC[C@@H](C)Nc1cc(Cc2ccc(CN3CCN(C)CC3)cc2)nc(N)n1. The molecule has 1 aromatic carbocycles. The van der Waals surface area contributed by atoms with Crippen molar-refractivity contribution in [3.63, 3.8) is 0 Å². The number of anilines is 2. The van der Waals surface area contributed by atoms with Crippen LogP contribution in [0.5, 0.6) is 0 Å². The Labute approximate surface area is 169 Å². The number of nitrogens with two attached hydrogens (primary N) is 1. The lowest BCUT2D eigenvalue weighted by atomic mass is 10.1. The van der Waals surface area contributed by atoms with Gasteiger partial charge < -0.3 is 16.0 Å². The molecule has 0 bridgehead atoms. The Morgan fingerprint density at radius 3 is 2.43 bits per heavy atom. The van der Waals surface area contributed by atoms with Crippen molar-refractivity contribution in [1.82, 2.24) is 19.8 Å². The summed E-state index contributed by atoms with van der Waals surface area (Å²) in [5, 5.41) is 3.43. The third kappa shape index (κ3) is 6.17. The molecule has 1 saturated heterocycles. The maximum absolute atomic E-state index is 5.93. The predicted molar refractivity (Wildman–Crippen MR) is 116 cm³/mol. The second-order valence-electron chi connectivity index (χ2n) is 8.01.